The average molecular weight is 486 g/mol. The summed E-state index contributed by atoms with van der Waals surface area (Å²) in [6.07, 6.45) is 0.0742. The van der Waals surface area contributed by atoms with E-state index in [1.165, 1.54) is 25.6 Å². The lowest BCUT2D eigenvalue weighted by Crippen LogP contribution is -2.32. The largest absolute Gasteiger partial charge is 0.466 e. The second-order valence-corrected chi connectivity index (χ2v) is 8.31. The quantitative estimate of drug-likeness (QED) is 0.427. The molecule has 1 aliphatic heterocycles. The van der Waals surface area contributed by atoms with Crippen LogP contribution in [0.2, 0.25) is 0 Å². The van der Waals surface area contributed by atoms with Gasteiger partial charge < -0.3 is 24.8 Å². The molecule has 180 valence electrons. The maximum atomic E-state index is 12.8. The van der Waals surface area contributed by atoms with Gasteiger partial charge in [0.05, 0.1) is 50.0 Å². The normalized spacial score (nSPS) is 13.9. The van der Waals surface area contributed by atoms with Crippen LogP contribution in [-0.2, 0) is 35.0 Å². The first kappa shape index (κ1) is 25.0. The highest BCUT2D eigenvalue weighted by Crippen LogP contribution is 2.42. The average Bonchev–Trinajstić information content (AvgIpc) is 3.24. The third kappa shape index (κ3) is 5.28. The Balaban J connectivity index is 2.04. The van der Waals surface area contributed by atoms with E-state index in [2.05, 4.69) is 15.6 Å². The molecule has 2 N–H and O–H groups in total. The Morgan fingerprint density at radius 2 is 1.68 bits per heavy atom. The molecule has 0 radical (unpaired) electrons. The smallest absolute Gasteiger partial charge is 0.336 e. The Bertz CT molecular complexity index is 1130. The second-order valence-electron chi connectivity index (χ2n) is 7.46. The molecule has 0 bridgehead atoms. The molecule has 0 amide bonds. The monoisotopic (exact) mass is 485 g/mol. The van der Waals surface area contributed by atoms with Crippen LogP contribution < -0.4 is 10.6 Å². The van der Waals surface area contributed by atoms with E-state index in [4.69, 9.17) is 14.2 Å². The van der Waals surface area contributed by atoms with Crippen molar-refractivity contribution >= 4 is 40.1 Å². The molecule has 2 heterocycles. The van der Waals surface area contributed by atoms with Gasteiger partial charge in [0.1, 0.15) is 0 Å². The van der Waals surface area contributed by atoms with Crippen molar-refractivity contribution < 1.29 is 28.6 Å². The fourth-order valence-corrected chi connectivity index (χ4v) is 4.57. The fraction of sp³-hybridized carbons (Fsp3) is 0.333. The Morgan fingerprint density at radius 3 is 2.26 bits per heavy atom. The second kappa shape index (κ2) is 11.0. The van der Waals surface area contributed by atoms with Gasteiger partial charge in [0, 0.05) is 22.5 Å². The van der Waals surface area contributed by atoms with Crippen molar-refractivity contribution in [2.24, 2.45) is 0 Å². The van der Waals surface area contributed by atoms with Crippen LogP contribution in [-0.4, -0.2) is 43.7 Å². The lowest BCUT2D eigenvalue weighted by atomic mass is 9.79. The lowest BCUT2D eigenvalue weighted by molar-refractivity contribution is -0.142. The van der Waals surface area contributed by atoms with Crippen molar-refractivity contribution in [3.63, 3.8) is 0 Å². The Kier molecular flexibility index (Phi) is 8.06. The van der Waals surface area contributed by atoms with Crippen LogP contribution in [0.1, 0.15) is 37.9 Å². The number of rotatable bonds is 8. The van der Waals surface area contributed by atoms with E-state index in [0.717, 1.165) is 0 Å². The molecule has 0 atom stereocenters. The molecule has 1 aromatic heterocycles. The summed E-state index contributed by atoms with van der Waals surface area (Å²) in [6, 6.07) is 7.32. The van der Waals surface area contributed by atoms with Crippen LogP contribution in [0.3, 0.4) is 0 Å². The first-order valence-electron chi connectivity index (χ1n) is 10.6. The van der Waals surface area contributed by atoms with Gasteiger partial charge in [-0.1, -0.05) is 18.2 Å². The van der Waals surface area contributed by atoms with E-state index >= 15 is 0 Å². The van der Waals surface area contributed by atoms with E-state index in [1.54, 1.807) is 26.2 Å². The zero-order valence-electron chi connectivity index (χ0n) is 19.7. The molecule has 0 saturated carbocycles. The number of aromatic nitrogens is 1. The number of thiazole rings is 1. The molecule has 9 nitrogen and oxygen atoms in total. The zero-order chi connectivity index (χ0) is 24.8. The third-order valence-electron chi connectivity index (χ3n) is 5.27. The van der Waals surface area contributed by atoms with Crippen LogP contribution in [0.25, 0.3) is 0 Å². The number of para-hydroxylation sites is 1. The van der Waals surface area contributed by atoms with Gasteiger partial charge in [0.25, 0.3) is 0 Å². The molecule has 0 aliphatic carbocycles. The topological polar surface area (TPSA) is 116 Å². The molecule has 3 rings (SSSR count). The molecule has 1 aliphatic rings. The summed E-state index contributed by atoms with van der Waals surface area (Å²) in [6.45, 7) is 5.58. The Morgan fingerprint density at radius 1 is 1.06 bits per heavy atom. The number of benzene rings is 1. The van der Waals surface area contributed by atoms with Gasteiger partial charge in [-0.15, -0.1) is 11.3 Å². The predicted octanol–water partition coefficient (Wildman–Crippen LogP) is 3.57. The van der Waals surface area contributed by atoms with Crippen LogP contribution >= 0.6 is 11.3 Å². The van der Waals surface area contributed by atoms with Crippen molar-refractivity contribution in [2.45, 2.75) is 33.1 Å². The van der Waals surface area contributed by atoms with Crippen molar-refractivity contribution in [3.8, 4) is 0 Å². The molecule has 2 aromatic rings. The number of dihydropyridines is 1. The van der Waals surface area contributed by atoms with Crippen LogP contribution in [0.15, 0.2) is 52.2 Å². The number of hydrogen-bond acceptors (Lipinski definition) is 10. The zero-order valence-corrected chi connectivity index (χ0v) is 20.5. The van der Waals surface area contributed by atoms with Crippen LogP contribution in [0.5, 0.6) is 0 Å². The molecule has 0 fully saturated rings. The van der Waals surface area contributed by atoms with E-state index in [0.29, 0.717) is 51.2 Å². The molecular weight excluding hydrogens is 458 g/mol. The first-order chi connectivity index (χ1) is 16.3. The number of carbonyl (C=O) groups excluding carboxylic acids is 3. The minimum absolute atomic E-state index is 0.0742. The maximum absolute atomic E-state index is 12.8. The molecular formula is C24H27N3O6S. The summed E-state index contributed by atoms with van der Waals surface area (Å²) in [4.78, 5) is 41.8. The summed E-state index contributed by atoms with van der Waals surface area (Å²) in [5.41, 5.74) is 3.70. The van der Waals surface area contributed by atoms with E-state index < -0.39 is 17.9 Å². The first-order valence-corrected chi connectivity index (χ1v) is 11.5. The summed E-state index contributed by atoms with van der Waals surface area (Å²) < 4.78 is 15.1. The molecule has 0 spiro atoms. The number of nitrogens with one attached hydrogen (secondary N) is 2. The van der Waals surface area contributed by atoms with Gasteiger partial charge in [-0.2, -0.15) is 0 Å². The van der Waals surface area contributed by atoms with E-state index in [1.807, 2.05) is 24.3 Å². The van der Waals surface area contributed by atoms with Gasteiger partial charge in [-0.25, -0.2) is 14.6 Å². The van der Waals surface area contributed by atoms with Crippen molar-refractivity contribution in [2.75, 3.05) is 26.1 Å². The Labute approximate surface area is 201 Å². The molecule has 0 unspecified atom stereocenters. The number of carbonyl (C=O) groups is 3. The number of hydrogen-bond donors (Lipinski definition) is 2. The standard InChI is InChI=1S/C24H27N3O6S/c1-6-33-18(28)11-15-12-34-24(26-15)27-17-10-8-7-9-16(17)21-19(22(29)31-4)13(2)25-14(3)20(21)23(30)32-5/h7-10,12,21,25H,6,11H2,1-5H3,(H,26,27). The van der Waals surface area contributed by atoms with Crippen molar-refractivity contribution in [1.29, 1.82) is 0 Å². The highest BCUT2D eigenvalue weighted by molar-refractivity contribution is 7.13. The number of nitrogens with zero attached hydrogens (tertiary/aromatic N) is 1. The van der Waals surface area contributed by atoms with Crippen molar-refractivity contribution in [3.05, 3.63) is 63.4 Å². The van der Waals surface area contributed by atoms with Crippen LogP contribution in [0, 0.1) is 0 Å². The minimum Gasteiger partial charge on any atom is -0.466 e. The molecule has 10 heteroatoms. The number of methoxy groups -OCH3 is 2. The van der Waals surface area contributed by atoms with Gasteiger partial charge in [0.15, 0.2) is 5.13 Å². The number of ether oxygens (including phenoxy) is 3. The summed E-state index contributed by atoms with van der Waals surface area (Å²) >= 11 is 1.33. The Hall–Kier alpha value is -3.66. The van der Waals surface area contributed by atoms with E-state index in [9.17, 15) is 14.4 Å². The van der Waals surface area contributed by atoms with Crippen LogP contribution in [0.4, 0.5) is 10.8 Å². The SMILES string of the molecule is CCOC(=O)Cc1csc(Nc2ccccc2C2C(C(=O)OC)=C(C)NC(C)=C2C(=O)OC)n1. The molecule has 34 heavy (non-hydrogen) atoms. The summed E-state index contributed by atoms with van der Waals surface area (Å²) in [5, 5.41) is 8.69. The highest BCUT2D eigenvalue weighted by Gasteiger charge is 2.38. The van der Waals surface area contributed by atoms with Crippen molar-refractivity contribution in [1.82, 2.24) is 10.3 Å². The number of esters is 3. The summed E-state index contributed by atoms with van der Waals surface area (Å²) in [5.74, 6) is -2.18. The minimum atomic E-state index is -0.733. The van der Waals surface area contributed by atoms with E-state index in [-0.39, 0.29) is 12.4 Å². The van der Waals surface area contributed by atoms with Gasteiger partial charge in [0.2, 0.25) is 0 Å². The third-order valence-corrected chi connectivity index (χ3v) is 6.07. The highest BCUT2D eigenvalue weighted by atomic mass is 32.1. The van der Waals surface area contributed by atoms with Gasteiger partial charge in [-0.05, 0) is 32.4 Å². The molecule has 0 saturated heterocycles. The lowest BCUT2D eigenvalue weighted by Gasteiger charge is -2.31. The predicted molar refractivity (Wildman–Crippen MR) is 127 cm³/mol. The maximum Gasteiger partial charge on any atom is 0.336 e. The molecule has 1 aromatic carbocycles. The van der Waals surface area contributed by atoms with Gasteiger partial charge >= 0.3 is 17.9 Å². The number of allylic oxidation sites excluding steroid dienone is 2. The van der Waals surface area contributed by atoms with Gasteiger partial charge in [-0.3, -0.25) is 4.79 Å². The number of anilines is 2. The summed E-state index contributed by atoms with van der Waals surface area (Å²) in [7, 11) is 2.60. The fourth-order valence-electron chi connectivity index (χ4n) is 3.85.